The lowest BCUT2D eigenvalue weighted by Crippen LogP contribution is -2.63. The van der Waals surface area contributed by atoms with Gasteiger partial charge in [0.15, 0.2) is 0 Å². The molecule has 0 bridgehead atoms. The van der Waals surface area contributed by atoms with E-state index < -0.39 is 69.2 Å². The second-order valence-corrected chi connectivity index (χ2v) is 17.9. The van der Waals surface area contributed by atoms with Gasteiger partial charge >= 0.3 is 6.03 Å². The minimum absolute atomic E-state index is 0.0475. The standard InChI is InChI=1S/C37H54N6O7S/c1-6-19-38-32(45)27(44)20-39-33(46)30-26-15-12-14-24(26)22-43(30)34(47)31(37(5)17-10-7-11-18-37)41-35(48)40-29(36(2,3)4)23-42-21-25-13-8-9-16-28(25)51(42,49)50/h6,8-9,13,16,24,26,29-31H,1,7,10-12,14-15,17-23H2,2-5H3,(H,38,45)(H,39,46)(H2,40,41,48)/t24-,26-,29+,30-,31+/m0/s1. The summed E-state index contributed by atoms with van der Waals surface area (Å²) >= 11 is 0. The summed E-state index contributed by atoms with van der Waals surface area (Å²) in [5.74, 6) is -2.43. The first kappa shape index (κ1) is 38.5. The molecule has 5 amide bonds. The summed E-state index contributed by atoms with van der Waals surface area (Å²) in [5.41, 5.74) is -0.410. The number of Topliss-reactive ketones (excluding diaryl/α,β-unsaturated/α-hetero) is 1. The predicted octanol–water partition coefficient (Wildman–Crippen LogP) is 2.86. The van der Waals surface area contributed by atoms with Crippen molar-refractivity contribution in [2.75, 3.05) is 26.2 Å². The predicted molar refractivity (Wildman–Crippen MR) is 191 cm³/mol. The van der Waals surface area contributed by atoms with E-state index in [2.05, 4.69) is 27.8 Å². The molecule has 5 rings (SSSR count). The number of amides is 5. The van der Waals surface area contributed by atoms with Crippen molar-refractivity contribution in [2.45, 2.75) is 109 Å². The number of urea groups is 1. The number of hydrogen-bond acceptors (Lipinski definition) is 7. The number of fused-ring (bicyclic) bond motifs is 2. The monoisotopic (exact) mass is 726 g/mol. The first-order valence-corrected chi connectivity index (χ1v) is 19.7. The Kier molecular flexibility index (Phi) is 11.6. The smallest absolute Gasteiger partial charge is 0.315 e. The molecule has 0 radical (unpaired) electrons. The van der Waals surface area contributed by atoms with Gasteiger partial charge in [-0.1, -0.05) is 77.7 Å². The SMILES string of the molecule is C=CCNC(=O)C(=O)CNC(=O)[C@@H]1[C@H]2CCC[C@H]2CN1C(=O)[C@@H](NC(=O)N[C@H](CN1Cc2ccccc2S1(=O)=O)C(C)(C)C)C1(C)CCCCC1. The van der Waals surface area contributed by atoms with Crippen molar-refractivity contribution in [3.8, 4) is 0 Å². The van der Waals surface area contributed by atoms with Crippen LogP contribution in [-0.4, -0.2) is 91.5 Å². The number of carbonyl (C=O) groups excluding carboxylic acids is 5. The van der Waals surface area contributed by atoms with Crippen LogP contribution in [0.15, 0.2) is 41.8 Å². The summed E-state index contributed by atoms with van der Waals surface area (Å²) in [7, 11) is -3.74. The van der Waals surface area contributed by atoms with Crippen molar-refractivity contribution in [3.05, 3.63) is 42.5 Å². The molecule has 2 heterocycles. The summed E-state index contributed by atoms with van der Waals surface area (Å²) in [6.45, 7) is 11.6. The van der Waals surface area contributed by atoms with Gasteiger partial charge in [-0.25, -0.2) is 13.2 Å². The molecule has 4 aliphatic rings. The lowest BCUT2D eigenvalue weighted by molar-refractivity contribution is -0.144. The fourth-order valence-corrected chi connectivity index (χ4v) is 10.0. The Morgan fingerprint density at radius 2 is 1.71 bits per heavy atom. The lowest BCUT2D eigenvalue weighted by Gasteiger charge is -2.43. The van der Waals surface area contributed by atoms with E-state index in [4.69, 9.17) is 0 Å². The quantitative estimate of drug-likeness (QED) is 0.189. The van der Waals surface area contributed by atoms with Crippen LogP contribution >= 0.6 is 0 Å². The number of rotatable bonds is 12. The Bertz CT molecular complexity index is 1630. The first-order valence-electron chi connectivity index (χ1n) is 18.2. The van der Waals surface area contributed by atoms with E-state index >= 15 is 0 Å². The van der Waals surface area contributed by atoms with Crippen LogP contribution in [0.4, 0.5) is 4.79 Å². The maximum Gasteiger partial charge on any atom is 0.315 e. The van der Waals surface area contributed by atoms with E-state index in [1.807, 2.05) is 27.7 Å². The van der Waals surface area contributed by atoms with E-state index in [1.165, 1.54) is 10.4 Å². The minimum atomic E-state index is -3.74. The number of nitrogens with one attached hydrogen (secondary N) is 4. The fourth-order valence-electron chi connectivity index (χ4n) is 8.37. The maximum absolute atomic E-state index is 14.7. The average molecular weight is 727 g/mol. The van der Waals surface area contributed by atoms with Crippen LogP contribution < -0.4 is 21.3 Å². The second kappa shape index (κ2) is 15.4. The third kappa shape index (κ3) is 8.32. The lowest BCUT2D eigenvalue weighted by atomic mass is 9.70. The van der Waals surface area contributed by atoms with E-state index in [9.17, 15) is 32.4 Å². The molecule has 0 aromatic heterocycles. The molecule has 1 aromatic rings. The van der Waals surface area contributed by atoms with Crippen LogP contribution in [-0.2, 0) is 35.7 Å². The summed E-state index contributed by atoms with van der Waals surface area (Å²) in [6, 6.07) is 3.93. The van der Waals surface area contributed by atoms with E-state index in [1.54, 1.807) is 29.2 Å². The molecule has 2 aliphatic heterocycles. The third-order valence-corrected chi connectivity index (χ3v) is 13.3. The van der Waals surface area contributed by atoms with E-state index in [-0.39, 0.29) is 42.3 Å². The Morgan fingerprint density at radius 3 is 2.37 bits per heavy atom. The van der Waals surface area contributed by atoms with Gasteiger partial charge < -0.3 is 26.2 Å². The number of likely N-dealkylation sites (tertiary alicyclic amines) is 1. The van der Waals surface area contributed by atoms with Gasteiger partial charge in [0.05, 0.1) is 11.4 Å². The number of ketones is 1. The molecule has 2 aliphatic carbocycles. The molecule has 1 saturated heterocycles. The topological polar surface area (TPSA) is 174 Å². The van der Waals surface area contributed by atoms with Gasteiger partial charge in [-0.05, 0) is 60.0 Å². The highest BCUT2D eigenvalue weighted by Crippen LogP contribution is 2.45. The highest BCUT2D eigenvalue weighted by atomic mass is 32.2. The molecule has 14 heteroatoms. The molecule has 4 N–H and O–H groups in total. The maximum atomic E-state index is 14.7. The highest BCUT2D eigenvalue weighted by Gasteiger charge is 2.53. The van der Waals surface area contributed by atoms with Crippen LogP contribution in [0.1, 0.15) is 84.6 Å². The Labute approximate surface area is 301 Å². The van der Waals surface area contributed by atoms with E-state index in [0.29, 0.717) is 24.9 Å². The number of nitrogens with zero attached hydrogens (tertiary/aromatic N) is 2. The van der Waals surface area contributed by atoms with Crippen LogP contribution in [0.25, 0.3) is 0 Å². The molecule has 2 saturated carbocycles. The molecule has 1 aromatic carbocycles. The summed E-state index contributed by atoms with van der Waals surface area (Å²) in [5, 5.41) is 11.1. The van der Waals surface area contributed by atoms with Gasteiger partial charge in [0.25, 0.3) is 5.91 Å². The summed E-state index contributed by atoms with van der Waals surface area (Å²) in [6.07, 6.45) is 8.24. The van der Waals surface area contributed by atoms with Gasteiger partial charge in [-0.2, -0.15) is 4.31 Å². The number of hydrogen-bond donors (Lipinski definition) is 4. The van der Waals surface area contributed by atoms with Gasteiger partial charge in [-0.3, -0.25) is 19.2 Å². The van der Waals surface area contributed by atoms with Crippen molar-refractivity contribution < 1.29 is 32.4 Å². The van der Waals surface area contributed by atoms with Gasteiger partial charge in [0.1, 0.15) is 12.1 Å². The van der Waals surface area contributed by atoms with Crippen LogP contribution in [0.2, 0.25) is 0 Å². The zero-order chi connectivity index (χ0) is 37.1. The van der Waals surface area contributed by atoms with Gasteiger partial charge in [0.2, 0.25) is 27.6 Å². The third-order valence-electron chi connectivity index (χ3n) is 11.4. The van der Waals surface area contributed by atoms with Crippen molar-refractivity contribution in [3.63, 3.8) is 0 Å². The Hall–Kier alpha value is -3.78. The highest BCUT2D eigenvalue weighted by molar-refractivity contribution is 7.89. The largest absolute Gasteiger partial charge is 0.347 e. The van der Waals surface area contributed by atoms with Crippen LogP contribution in [0.5, 0.6) is 0 Å². The number of benzene rings is 1. The fraction of sp³-hybridized carbons (Fsp3) is 0.649. The minimum Gasteiger partial charge on any atom is -0.347 e. The summed E-state index contributed by atoms with van der Waals surface area (Å²) in [4.78, 5) is 68.8. The molecule has 0 spiro atoms. The van der Waals surface area contributed by atoms with Gasteiger partial charge in [0, 0.05) is 32.2 Å². The zero-order valence-corrected chi connectivity index (χ0v) is 31.1. The number of sulfonamides is 1. The van der Waals surface area contributed by atoms with Crippen LogP contribution in [0, 0.1) is 22.7 Å². The Morgan fingerprint density at radius 1 is 1.00 bits per heavy atom. The normalized spacial score (nSPS) is 24.8. The van der Waals surface area contributed by atoms with Crippen molar-refractivity contribution in [1.29, 1.82) is 0 Å². The molecular weight excluding hydrogens is 673 g/mol. The average Bonchev–Trinajstić information content (AvgIpc) is 3.76. The number of carbonyl (C=O) groups is 5. The van der Waals surface area contributed by atoms with Crippen molar-refractivity contribution in [2.24, 2.45) is 22.7 Å². The first-order chi connectivity index (χ1) is 24.1. The molecule has 5 atom stereocenters. The molecule has 0 unspecified atom stereocenters. The van der Waals surface area contributed by atoms with Crippen molar-refractivity contribution >= 4 is 39.6 Å². The molecular formula is C37H54N6O7S. The van der Waals surface area contributed by atoms with Crippen LogP contribution in [0.3, 0.4) is 0 Å². The molecule has 280 valence electrons. The van der Waals surface area contributed by atoms with E-state index in [0.717, 1.165) is 38.5 Å². The van der Waals surface area contributed by atoms with Crippen molar-refractivity contribution in [1.82, 2.24) is 30.5 Å². The zero-order valence-electron chi connectivity index (χ0n) is 30.3. The van der Waals surface area contributed by atoms with Gasteiger partial charge in [-0.15, -0.1) is 6.58 Å². The molecule has 13 nitrogen and oxygen atoms in total. The Balaban J connectivity index is 1.34. The molecule has 3 fully saturated rings. The second-order valence-electron chi connectivity index (χ2n) is 16.0. The summed E-state index contributed by atoms with van der Waals surface area (Å²) < 4.78 is 28.2. The molecule has 51 heavy (non-hydrogen) atoms.